The largest absolute Gasteiger partial charge is 0.250 e. The Morgan fingerprint density at radius 2 is 1.86 bits per heavy atom. The van der Waals surface area contributed by atoms with Crippen molar-refractivity contribution in [2.24, 2.45) is 5.92 Å². The van der Waals surface area contributed by atoms with Crippen molar-refractivity contribution in [1.82, 2.24) is 4.98 Å². The van der Waals surface area contributed by atoms with Crippen LogP contribution < -0.4 is 0 Å². The van der Waals surface area contributed by atoms with Crippen LogP contribution in [0, 0.1) is 17.2 Å². The van der Waals surface area contributed by atoms with Gasteiger partial charge in [0.1, 0.15) is 0 Å². The Morgan fingerprint density at radius 3 is 2.57 bits per heavy atom. The lowest BCUT2D eigenvalue weighted by Crippen LogP contribution is -2.25. The number of thioether (sulfide) groups is 1. The molecule has 1 aromatic heterocycles. The van der Waals surface area contributed by atoms with Crippen LogP contribution in [0.15, 0.2) is 59.8 Å². The van der Waals surface area contributed by atoms with Crippen LogP contribution in [0.25, 0.3) is 0 Å². The number of hydrogen-bond acceptors (Lipinski definition) is 3. The lowest BCUT2D eigenvalue weighted by molar-refractivity contribution is 0.393. The summed E-state index contributed by atoms with van der Waals surface area (Å²) in [5, 5.41) is 10.8. The van der Waals surface area contributed by atoms with E-state index in [-0.39, 0.29) is 5.92 Å². The Labute approximate surface area is 130 Å². The Hall–Kier alpha value is -1.79. The number of hydrogen-bond donors (Lipinski definition) is 0. The van der Waals surface area contributed by atoms with Gasteiger partial charge in [-0.05, 0) is 42.9 Å². The molecule has 1 saturated carbocycles. The lowest BCUT2D eigenvalue weighted by atomic mass is 9.79. The van der Waals surface area contributed by atoms with Gasteiger partial charge in [0.05, 0.1) is 17.0 Å². The van der Waals surface area contributed by atoms with Crippen LogP contribution in [0.4, 0.5) is 0 Å². The first-order valence-corrected chi connectivity index (χ1v) is 8.27. The Bertz CT molecular complexity index is 606. The molecule has 3 rings (SSSR count). The molecule has 21 heavy (non-hydrogen) atoms. The molecule has 106 valence electrons. The Morgan fingerprint density at radius 1 is 1.05 bits per heavy atom. The maximum atomic E-state index is 9.41. The number of pyridine rings is 1. The second-order valence-electron chi connectivity index (χ2n) is 5.48. The van der Waals surface area contributed by atoms with E-state index in [0.717, 1.165) is 24.3 Å². The zero-order valence-electron chi connectivity index (χ0n) is 11.9. The summed E-state index contributed by atoms with van der Waals surface area (Å²) in [6.45, 7) is 0. The number of nitrogens with zero attached hydrogens (tertiary/aromatic N) is 2. The van der Waals surface area contributed by atoms with Gasteiger partial charge >= 0.3 is 0 Å². The van der Waals surface area contributed by atoms with Gasteiger partial charge in [0.15, 0.2) is 0 Å². The van der Waals surface area contributed by atoms with Gasteiger partial charge in [-0.15, -0.1) is 11.8 Å². The summed E-state index contributed by atoms with van der Waals surface area (Å²) in [7, 11) is 0. The van der Waals surface area contributed by atoms with Gasteiger partial charge in [-0.25, -0.2) is 4.98 Å². The van der Waals surface area contributed by atoms with Gasteiger partial charge in [0.25, 0.3) is 0 Å². The first-order valence-electron chi connectivity index (χ1n) is 7.39. The molecular weight excluding hydrogens is 276 g/mol. The Balaban J connectivity index is 1.75. The molecule has 1 heterocycles. The molecule has 0 spiro atoms. The van der Waals surface area contributed by atoms with Crippen molar-refractivity contribution in [1.29, 1.82) is 5.26 Å². The van der Waals surface area contributed by atoms with Crippen molar-refractivity contribution >= 4 is 11.8 Å². The van der Waals surface area contributed by atoms with Crippen LogP contribution in [0.1, 0.15) is 30.7 Å². The predicted molar refractivity (Wildman–Crippen MR) is 86.0 cm³/mol. The number of nitriles is 1. The van der Waals surface area contributed by atoms with E-state index < -0.39 is 0 Å². The predicted octanol–water partition coefficient (Wildman–Crippen LogP) is 4.65. The van der Waals surface area contributed by atoms with E-state index in [4.69, 9.17) is 0 Å². The fourth-order valence-electron chi connectivity index (χ4n) is 3.01. The topological polar surface area (TPSA) is 36.7 Å². The van der Waals surface area contributed by atoms with Gasteiger partial charge in [0.2, 0.25) is 0 Å². The van der Waals surface area contributed by atoms with E-state index in [9.17, 15) is 5.26 Å². The quantitative estimate of drug-likeness (QED) is 0.826. The van der Waals surface area contributed by atoms with E-state index in [2.05, 4.69) is 41.4 Å². The molecule has 1 fully saturated rings. The minimum atomic E-state index is 0.136. The van der Waals surface area contributed by atoms with E-state index in [1.807, 2.05) is 24.4 Å². The van der Waals surface area contributed by atoms with E-state index in [0.29, 0.717) is 11.2 Å². The van der Waals surface area contributed by atoms with E-state index >= 15 is 0 Å². The molecule has 1 aliphatic rings. The molecular formula is C18H18N2S. The second kappa shape index (κ2) is 6.78. The third kappa shape index (κ3) is 3.46. The fourth-order valence-corrected chi connectivity index (χ4v) is 4.29. The van der Waals surface area contributed by atoms with Crippen LogP contribution in [0.2, 0.25) is 0 Å². The van der Waals surface area contributed by atoms with Crippen molar-refractivity contribution in [2.75, 3.05) is 0 Å². The van der Waals surface area contributed by atoms with Crippen molar-refractivity contribution < 1.29 is 0 Å². The van der Waals surface area contributed by atoms with Crippen molar-refractivity contribution in [3.8, 4) is 6.07 Å². The molecule has 0 amide bonds. The molecule has 3 unspecified atom stereocenters. The van der Waals surface area contributed by atoms with Crippen molar-refractivity contribution in [2.45, 2.75) is 35.5 Å². The summed E-state index contributed by atoms with van der Waals surface area (Å²) < 4.78 is 0. The number of rotatable bonds is 3. The van der Waals surface area contributed by atoms with E-state index in [1.54, 1.807) is 11.8 Å². The maximum absolute atomic E-state index is 9.41. The summed E-state index contributed by atoms with van der Waals surface area (Å²) in [6.07, 6.45) is 4.98. The van der Waals surface area contributed by atoms with Gasteiger partial charge < -0.3 is 0 Å². The highest BCUT2D eigenvalue weighted by atomic mass is 32.2. The molecule has 0 N–H and O–H groups in total. The smallest absolute Gasteiger partial charge is 0.0962 e. The van der Waals surface area contributed by atoms with Crippen LogP contribution in [0.3, 0.4) is 0 Å². The second-order valence-corrected chi connectivity index (χ2v) is 6.74. The summed E-state index contributed by atoms with van der Waals surface area (Å²) in [4.78, 5) is 4.39. The SMILES string of the molecule is N#CC1CCC(c2ccccc2)CC1Sc1ccccn1. The summed E-state index contributed by atoms with van der Waals surface area (Å²) in [5.41, 5.74) is 1.40. The van der Waals surface area contributed by atoms with Gasteiger partial charge in [0, 0.05) is 11.4 Å². The fraction of sp³-hybridized carbons (Fsp3) is 0.333. The molecule has 1 aromatic carbocycles. The zero-order chi connectivity index (χ0) is 14.5. The number of aromatic nitrogens is 1. The molecule has 2 aromatic rings. The van der Waals surface area contributed by atoms with Crippen LogP contribution in [0.5, 0.6) is 0 Å². The first kappa shape index (κ1) is 14.2. The van der Waals surface area contributed by atoms with Crippen LogP contribution in [-0.2, 0) is 0 Å². The maximum Gasteiger partial charge on any atom is 0.0962 e. The highest BCUT2D eigenvalue weighted by Crippen LogP contribution is 2.42. The summed E-state index contributed by atoms with van der Waals surface area (Å²) >= 11 is 1.76. The minimum absolute atomic E-state index is 0.136. The molecule has 0 radical (unpaired) electrons. The molecule has 0 bridgehead atoms. The summed E-state index contributed by atoms with van der Waals surface area (Å²) in [6, 6.07) is 19.2. The third-order valence-corrected chi connectivity index (χ3v) is 5.45. The Kier molecular flexibility index (Phi) is 4.57. The van der Waals surface area contributed by atoms with Crippen LogP contribution >= 0.6 is 11.8 Å². The average Bonchev–Trinajstić information content (AvgIpc) is 2.56. The van der Waals surface area contributed by atoms with Crippen molar-refractivity contribution in [3.63, 3.8) is 0 Å². The monoisotopic (exact) mass is 294 g/mol. The molecule has 1 aliphatic carbocycles. The van der Waals surface area contributed by atoms with Crippen LogP contribution in [-0.4, -0.2) is 10.2 Å². The third-order valence-electron chi connectivity index (χ3n) is 4.14. The molecule has 3 heteroatoms. The molecule has 2 nitrogen and oxygen atoms in total. The van der Waals surface area contributed by atoms with Gasteiger partial charge in [-0.1, -0.05) is 36.4 Å². The highest BCUT2D eigenvalue weighted by molar-refractivity contribution is 7.99. The normalized spacial score (nSPS) is 25.2. The minimum Gasteiger partial charge on any atom is -0.250 e. The highest BCUT2D eigenvalue weighted by Gasteiger charge is 2.32. The lowest BCUT2D eigenvalue weighted by Gasteiger charge is -2.32. The first-order chi connectivity index (χ1) is 10.4. The number of benzene rings is 1. The standard InChI is InChI=1S/C18H18N2S/c19-13-16-10-9-15(14-6-2-1-3-7-14)12-17(16)21-18-8-4-5-11-20-18/h1-8,11,15-17H,9-10,12H2. The zero-order valence-corrected chi connectivity index (χ0v) is 12.7. The molecule has 3 atom stereocenters. The van der Waals surface area contributed by atoms with Gasteiger partial charge in [-0.2, -0.15) is 5.26 Å². The molecule has 0 aliphatic heterocycles. The van der Waals surface area contributed by atoms with Crippen molar-refractivity contribution in [3.05, 3.63) is 60.3 Å². The average molecular weight is 294 g/mol. The van der Waals surface area contributed by atoms with E-state index in [1.165, 1.54) is 5.56 Å². The molecule has 0 saturated heterocycles. The summed E-state index contributed by atoms with van der Waals surface area (Å²) in [5.74, 6) is 0.703. The van der Waals surface area contributed by atoms with Gasteiger partial charge in [-0.3, -0.25) is 0 Å².